The zero-order valence-corrected chi connectivity index (χ0v) is 17.7. The first-order valence-electron chi connectivity index (χ1n) is 11.0. The van der Waals surface area contributed by atoms with Crippen molar-refractivity contribution in [1.82, 2.24) is 30.3 Å². The third-order valence-electron chi connectivity index (χ3n) is 6.21. The Morgan fingerprint density at radius 3 is 2.78 bits per heavy atom. The van der Waals surface area contributed by atoms with E-state index in [9.17, 15) is 0 Å². The highest BCUT2D eigenvalue weighted by atomic mass is 15.5. The summed E-state index contributed by atoms with van der Waals surface area (Å²) in [6.07, 6.45) is 4.10. The van der Waals surface area contributed by atoms with Gasteiger partial charge in [0.2, 0.25) is 11.9 Å². The van der Waals surface area contributed by atoms with Gasteiger partial charge in [0.05, 0.1) is 5.69 Å². The maximum absolute atomic E-state index is 5.97. The van der Waals surface area contributed by atoms with Crippen LogP contribution in [-0.4, -0.2) is 31.5 Å². The molecule has 0 unspecified atom stereocenters. The fourth-order valence-corrected chi connectivity index (χ4v) is 4.63. The van der Waals surface area contributed by atoms with Gasteiger partial charge in [-0.15, -0.1) is 15.3 Å². The summed E-state index contributed by atoms with van der Waals surface area (Å²) in [6, 6.07) is 16.9. The number of fused-ring (bicyclic) bond motifs is 4. The number of aryl methyl sites for hydroxylation is 2. The van der Waals surface area contributed by atoms with E-state index in [0.29, 0.717) is 11.8 Å². The Kier molecular flexibility index (Phi) is 4.57. The Labute approximate surface area is 185 Å². The third kappa shape index (κ3) is 3.38. The second kappa shape index (κ2) is 7.72. The number of nitrogens with two attached hydrogens (primary N) is 1. The number of nitrogens with one attached hydrogen (secondary N) is 2. The zero-order chi connectivity index (χ0) is 21.5. The Morgan fingerprint density at radius 1 is 0.906 bits per heavy atom. The second-order valence-corrected chi connectivity index (χ2v) is 8.33. The highest BCUT2D eigenvalue weighted by Gasteiger charge is 2.19. The molecule has 3 heterocycles. The molecule has 1 aliphatic heterocycles. The molecule has 0 saturated carbocycles. The van der Waals surface area contributed by atoms with Crippen LogP contribution in [-0.2, 0) is 25.8 Å². The number of rotatable bonds is 3. The van der Waals surface area contributed by atoms with Crippen LogP contribution in [0.25, 0.3) is 17.1 Å². The van der Waals surface area contributed by atoms with Crippen molar-refractivity contribution in [2.24, 2.45) is 0 Å². The third-order valence-corrected chi connectivity index (χ3v) is 6.21. The molecule has 0 radical (unpaired) electrons. The maximum atomic E-state index is 5.97. The van der Waals surface area contributed by atoms with Gasteiger partial charge in [-0.25, -0.2) is 0 Å². The number of nitrogen functional groups attached to an aromatic ring is 1. The molecule has 1 aliphatic carbocycles. The quantitative estimate of drug-likeness (QED) is 0.464. The van der Waals surface area contributed by atoms with Gasteiger partial charge in [0.15, 0.2) is 5.82 Å². The summed E-state index contributed by atoms with van der Waals surface area (Å²) in [5, 5.41) is 20.3. The average molecular weight is 425 g/mol. The van der Waals surface area contributed by atoms with E-state index in [-0.39, 0.29) is 5.95 Å². The molecule has 160 valence electrons. The molecule has 32 heavy (non-hydrogen) atoms. The molecule has 4 aromatic rings. The molecule has 0 bridgehead atoms. The fourth-order valence-electron chi connectivity index (χ4n) is 4.63. The van der Waals surface area contributed by atoms with Crippen LogP contribution in [0.5, 0.6) is 0 Å². The molecule has 2 aromatic heterocycles. The lowest BCUT2D eigenvalue weighted by Gasteiger charge is -2.18. The molecule has 0 saturated heterocycles. The first kappa shape index (κ1) is 18.9. The van der Waals surface area contributed by atoms with Crippen LogP contribution in [0.15, 0.2) is 48.5 Å². The van der Waals surface area contributed by atoms with Gasteiger partial charge in [0, 0.05) is 17.8 Å². The lowest BCUT2D eigenvalue weighted by molar-refractivity contribution is 0.644. The number of hydrogen-bond acceptors (Lipinski definition) is 7. The van der Waals surface area contributed by atoms with E-state index in [1.165, 1.54) is 22.3 Å². The van der Waals surface area contributed by atoms with Crippen LogP contribution < -0.4 is 16.4 Å². The molecule has 8 heteroatoms. The fraction of sp³-hybridized carbons (Fsp3) is 0.250. The highest BCUT2D eigenvalue weighted by molar-refractivity contribution is 5.68. The normalized spacial score (nSPS) is 14.8. The monoisotopic (exact) mass is 424 g/mol. The number of benzene rings is 2. The van der Waals surface area contributed by atoms with Crippen LogP contribution in [0.2, 0.25) is 0 Å². The second-order valence-electron chi connectivity index (χ2n) is 8.33. The van der Waals surface area contributed by atoms with Crippen molar-refractivity contribution < 1.29 is 0 Å². The van der Waals surface area contributed by atoms with Crippen LogP contribution in [0.3, 0.4) is 0 Å². The molecule has 8 nitrogen and oxygen atoms in total. The van der Waals surface area contributed by atoms with Crippen molar-refractivity contribution >= 4 is 17.6 Å². The summed E-state index contributed by atoms with van der Waals surface area (Å²) >= 11 is 0. The Morgan fingerprint density at radius 2 is 1.81 bits per heavy atom. The van der Waals surface area contributed by atoms with Crippen LogP contribution in [0.1, 0.15) is 28.7 Å². The molecule has 0 amide bonds. The number of aromatic nitrogens is 5. The van der Waals surface area contributed by atoms with Crippen molar-refractivity contribution in [1.29, 1.82) is 0 Å². The Hall–Kier alpha value is -3.78. The molecule has 6 rings (SSSR count). The van der Waals surface area contributed by atoms with Crippen molar-refractivity contribution in [2.75, 3.05) is 17.6 Å². The zero-order valence-electron chi connectivity index (χ0n) is 17.7. The molecule has 2 aliphatic rings. The molecule has 0 atom stereocenters. The Balaban J connectivity index is 1.36. The molecule has 0 fully saturated rings. The van der Waals surface area contributed by atoms with E-state index < -0.39 is 0 Å². The number of anilines is 3. The van der Waals surface area contributed by atoms with Crippen molar-refractivity contribution in [3.05, 3.63) is 70.8 Å². The van der Waals surface area contributed by atoms with E-state index in [1.807, 2.05) is 0 Å². The van der Waals surface area contributed by atoms with Gasteiger partial charge in [-0.1, -0.05) is 30.3 Å². The smallest absolute Gasteiger partial charge is 0.241 e. The summed E-state index contributed by atoms with van der Waals surface area (Å²) in [6.45, 7) is 1.89. The molecular weight excluding hydrogens is 400 g/mol. The van der Waals surface area contributed by atoms with E-state index in [0.717, 1.165) is 55.7 Å². The van der Waals surface area contributed by atoms with Crippen molar-refractivity contribution in [3.63, 3.8) is 0 Å². The van der Waals surface area contributed by atoms with E-state index >= 15 is 0 Å². The standard InChI is InChI=1S/C24H24N8/c25-23-28-24(27-19-9-8-15-10-11-26-14-18(15)12-19)32(31-23)21-13-17-6-3-5-16-4-1-2-7-20(16)22(17)30-29-21/h1-2,4,7-9,12-13,26H,3,5-6,10-11,14H2,(H3,25,27,28,31). The first-order valence-corrected chi connectivity index (χ1v) is 11.0. The predicted molar refractivity (Wildman–Crippen MR) is 124 cm³/mol. The van der Waals surface area contributed by atoms with E-state index in [4.69, 9.17) is 5.73 Å². The van der Waals surface area contributed by atoms with Gasteiger partial charge in [-0.3, -0.25) is 0 Å². The predicted octanol–water partition coefficient (Wildman–Crippen LogP) is 3.18. The van der Waals surface area contributed by atoms with Gasteiger partial charge in [-0.05, 0) is 72.7 Å². The van der Waals surface area contributed by atoms with Gasteiger partial charge in [0.1, 0.15) is 0 Å². The maximum Gasteiger partial charge on any atom is 0.241 e. The Bertz CT molecular complexity index is 1310. The summed E-state index contributed by atoms with van der Waals surface area (Å²) in [7, 11) is 0. The topological polar surface area (TPSA) is 107 Å². The molecule has 4 N–H and O–H groups in total. The van der Waals surface area contributed by atoms with E-state index in [1.54, 1.807) is 4.68 Å². The van der Waals surface area contributed by atoms with Crippen molar-refractivity contribution in [2.45, 2.75) is 32.2 Å². The summed E-state index contributed by atoms with van der Waals surface area (Å²) < 4.78 is 1.64. The largest absolute Gasteiger partial charge is 0.366 e. The van der Waals surface area contributed by atoms with Gasteiger partial charge in [0.25, 0.3) is 0 Å². The SMILES string of the molecule is Nc1nc(Nc2ccc3c(c2)CNCC3)n(-c2cc3c(nn2)-c2ccccc2CCC3)n1. The summed E-state index contributed by atoms with van der Waals surface area (Å²) in [4.78, 5) is 4.40. The summed E-state index contributed by atoms with van der Waals surface area (Å²) in [5.74, 6) is 1.32. The number of hydrogen-bond donors (Lipinski definition) is 3. The minimum absolute atomic E-state index is 0.189. The van der Waals surface area contributed by atoms with Crippen LogP contribution >= 0.6 is 0 Å². The highest BCUT2D eigenvalue weighted by Crippen LogP contribution is 2.31. The van der Waals surface area contributed by atoms with Crippen LogP contribution in [0, 0.1) is 0 Å². The minimum atomic E-state index is 0.189. The van der Waals surface area contributed by atoms with Gasteiger partial charge >= 0.3 is 0 Å². The lowest BCUT2D eigenvalue weighted by atomic mass is 10.0. The lowest BCUT2D eigenvalue weighted by Crippen LogP contribution is -2.23. The molecule has 0 spiro atoms. The van der Waals surface area contributed by atoms with Gasteiger partial charge in [-0.2, -0.15) is 9.67 Å². The molecule has 2 aromatic carbocycles. The van der Waals surface area contributed by atoms with Crippen LogP contribution in [0.4, 0.5) is 17.6 Å². The summed E-state index contributed by atoms with van der Waals surface area (Å²) in [5.41, 5.74) is 14.2. The van der Waals surface area contributed by atoms with E-state index in [2.05, 4.69) is 79.4 Å². The minimum Gasteiger partial charge on any atom is -0.366 e. The number of nitrogens with zero attached hydrogens (tertiary/aromatic N) is 5. The van der Waals surface area contributed by atoms with Crippen molar-refractivity contribution in [3.8, 4) is 17.1 Å². The first-order chi connectivity index (χ1) is 15.7. The molecular formula is C24H24N8. The average Bonchev–Trinajstić information content (AvgIpc) is 3.08. The van der Waals surface area contributed by atoms with Gasteiger partial charge < -0.3 is 16.4 Å².